The molecule has 0 aliphatic rings. The second-order valence-corrected chi connectivity index (χ2v) is 5.63. The van der Waals surface area contributed by atoms with E-state index in [1.807, 2.05) is 31.2 Å². The van der Waals surface area contributed by atoms with Crippen LogP contribution < -0.4 is 4.74 Å². The number of para-hydroxylation sites is 1. The Morgan fingerprint density at radius 3 is 2.77 bits per heavy atom. The van der Waals surface area contributed by atoms with Crippen molar-refractivity contribution >= 4 is 27.9 Å². The molecule has 0 saturated heterocycles. The number of furan rings is 1. The number of hydrogen-bond donors (Lipinski definition) is 0. The number of ether oxygens (including phenoxy) is 1. The van der Waals surface area contributed by atoms with E-state index in [2.05, 4.69) is 15.9 Å². The van der Waals surface area contributed by atoms with Crippen LogP contribution in [0.25, 0.3) is 6.08 Å². The van der Waals surface area contributed by atoms with Crippen LogP contribution in [0.4, 0.5) is 0 Å². The van der Waals surface area contributed by atoms with Gasteiger partial charge in [-0.2, -0.15) is 0 Å². The molecule has 0 saturated carbocycles. The summed E-state index contributed by atoms with van der Waals surface area (Å²) in [5.41, 5.74) is 1.08. The van der Waals surface area contributed by atoms with Gasteiger partial charge in [-0.1, -0.05) is 18.2 Å². The van der Waals surface area contributed by atoms with Gasteiger partial charge in [0, 0.05) is 13.1 Å². The fourth-order valence-electron chi connectivity index (χ4n) is 1.82. The molecular weight excluding hydrogens is 346 g/mol. The van der Waals surface area contributed by atoms with Crippen molar-refractivity contribution in [3.05, 3.63) is 58.5 Å². The van der Waals surface area contributed by atoms with E-state index in [4.69, 9.17) is 9.15 Å². The van der Waals surface area contributed by atoms with E-state index < -0.39 is 0 Å². The number of hydrogen-bond acceptors (Lipinski definition) is 3. The van der Waals surface area contributed by atoms with Crippen molar-refractivity contribution in [2.45, 2.75) is 6.92 Å². The van der Waals surface area contributed by atoms with Crippen LogP contribution in [-0.2, 0) is 4.79 Å². The summed E-state index contributed by atoms with van der Waals surface area (Å²) in [6.07, 6.45) is 3.13. The van der Waals surface area contributed by atoms with Gasteiger partial charge in [0.25, 0.3) is 0 Å². The quantitative estimate of drug-likeness (QED) is 0.730. The van der Waals surface area contributed by atoms with Gasteiger partial charge in [-0.15, -0.1) is 0 Å². The third kappa shape index (κ3) is 4.77. The molecule has 0 fully saturated rings. The van der Waals surface area contributed by atoms with Gasteiger partial charge in [0.05, 0.1) is 6.54 Å². The molecule has 5 heteroatoms. The molecule has 116 valence electrons. The number of nitrogens with zero attached hydrogens (tertiary/aromatic N) is 1. The van der Waals surface area contributed by atoms with Gasteiger partial charge in [0.15, 0.2) is 4.67 Å². The fourth-order valence-corrected chi connectivity index (χ4v) is 2.14. The number of carbonyl (C=O) groups excluding carboxylic acids is 1. The number of benzene rings is 1. The lowest BCUT2D eigenvalue weighted by atomic mass is 10.2. The molecule has 0 aliphatic heterocycles. The number of amides is 1. The summed E-state index contributed by atoms with van der Waals surface area (Å²) >= 11 is 3.22. The molecule has 0 atom stereocenters. The van der Waals surface area contributed by atoms with Gasteiger partial charge < -0.3 is 14.1 Å². The molecule has 0 spiro atoms. The van der Waals surface area contributed by atoms with Crippen LogP contribution in [0.5, 0.6) is 5.75 Å². The third-order valence-electron chi connectivity index (χ3n) is 3.14. The fraction of sp³-hybridized carbons (Fsp3) is 0.235. The van der Waals surface area contributed by atoms with Gasteiger partial charge in [-0.3, -0.25) is 4.79 Å². The second-order valence-electron chi connectivity index (χ2n) is 4.85. The maximum atomic E-state index is 12.0. The SMILES string of the molecule is Cc1ccccc1OCCN(C)C(=O)/C=C/c1ccc(Br)o1. The predicted octanol–water partition coefficient (Wildman–Crippen LogP) is 3.90. The van der Waals surface area contributed by atoms with E-state index in [9.17, 15) is 4.79 Å². The van der Waals surface area contributed by atoms with E-state index in [1.165, 1.54) is 6.08 Å². The average molecular weight is 364 g/mol. The average Bonchev–Trinajstić information content (AvgIpc) is 2.92. The lowest BCUT2D eigenvalue weighted by Gasteiger charge is -2.16. The molecule has 22 heavy (non-hydrogen) atoms. The van der Waals surface area contributed by atoms with E-state index in [1.54, 1.807) is 30.2 Å². The Morgan fingerprint density at radius 1 is 1.32 bits per heavy atom. The van der Waals surface area contributed by atoms with Crippen LogP contribution in [0, 0.1) is 6.92 Å². The summed E-state index contributed by atoms with van der Waals surface area (Å²) < 4.78 is 11.6. The highest BCUT2D eigenvalue weighted by Crippen LogP contribution is 2.16. The predicted molar refractivity (Wildman–Crippen MR) is 89.8 cm³/mol. The zero-order chi connectivity index (χ0) is 15.9. The number of carbonyl (C=O) groups is 1. The van der Waals surface area contributed by atoms with Crippen molar-refractivity contribution in [2.75, 3.05) is 20.2 Å². The number of likely N-dealkylation sites (N-methyl/N-ethyl adjacent to an activating group) is 1. The van der Waals surface area contributed by atoms with Crippen LogP contribution >= 0.6 is 15.9 Å². The standard InChI is InChI=1S/C17H18BrNO3/c1-13-5-3-4-6-15(13)21-12-11-19(2)17(20)10-8-14-7-9-16(18)22-14/h3-10H,11-12H2,1-2H3/b10-8+. The first-order chi connectivity index (χ1) is 10.6. The van der Waals surface area contributed by atoms with E-state index in [-0.39, 0.29) is 5.91 Å². The zero-order valence-electron chi connectivity index (χ0n) is 12.6. The van der Waals surface area contributed by atoms with Crippen LogP contribution in [0.2, 0.25) is 0 Å². The summed E-state index contributed by atoms with van der Waals surface area (Å²) in [6.45, 7) is 2.96. The van der Waals surface area contributed by atoms with Crippen molar-refractivity contribution in [3.63, 3.8) is 0 Å². The molecule has 1 amide bonds. The lowest BCUT2D eigenvalue weighted by Crippen LogP contribution is -2.29. The molecule has 0 aliphatic carbocycles. The highest BCUT2D eigenvalue weighted by atomic mass is 79.9. The van der Waals surface area contributed by atoms with Crippen LogP contribution in [0.3, 0.4) is 0 Å². The van der Waals surface area contributed by atoms with Crippen molar-refractivity contribution in [2.24, 2.45) is 0 Å². The maximum absolute atomic E-state index is 12.0. The normalized spacial score (nSPS) is 10.9. The molecule has 2 rings (SSSR count). The number of aryl methyl sites for hydroxylation is 1. The Morgan fingerprint density at radius 2 is 2.09 bits per heavy atom. The Labute approximate surface area is 138 Å². The highest BCUT2D eigenvalue weighted by molar-refractivity contribution is 9.10. The molecule has 0 unspecified atom stereocenters. The summed E-state index contributed by atoms with van der Waals surface area (Å²) in [5, 5.41) is 0. The van der Waals surface area contributed by atoms with Crippen LogP contribution in [-0.4, -0.2) is 31.0 Å². The Bertz CT molecular complexity index is 663. The monoisotopic (exact) mass is 363 g/mol. The highest BCUT2D eigenvalue weighted by Gasteiger charge is 2.06. The first-order valence-electron chi connectivity index (χ1n) is 6.93. The molecule has 0 radical (unpaired) electrons. The summed E-state index contributed by atoms with van der Waals surface area (Å²) in [4.78, 5) is 13.6. The molecule has 1 aromatic heterocycles. The number of halogens is 1. The topological polar surface area (TPSA) is 42.7 Å². The van der Waals surface area contributed by atoms with Crippen molar-refractivity contribution in [1.29, 1.82) is 0 Å². The van der Waals surface area contributed by atoms with Gasteiger partial charge in [-0.05, 0) is 52.7 Å². The Kier molecular flexibility index (Phi) is 5.83. The molecule has 4 nitrogen and oxygen atoms in total. The minimum Gasteiger partial charge on any atom is -0.491 e. The van der Waals surface area contributed by atoms with E-state index >= 15 is 0 Å². The molecule has 1 heterocycles. The summed E-state index contributed by atoms with van der Waals surface area (Å²) in [5.74, 6) is 1.38. The van der Waals surface area contributed by atoms with Gasteiger partial charge >= 0.3 is 0 Å². The summed E-state index contributed by atoms with van der Waals surface area (Å²) in [7, 11) is 1.74. The number of rotatable bonds is 6. The lowest BCUT2D eigenvalue weighted by molar-refractivity contribution is -0.125. The van der Waals surface area contributed by atoms with Crippen molar-refractivity contribution < 1.29 is 13.9 Å². The van der Waals surface area contributed by atoms with Crippen LogP contribution in [0.15, 0.2) is 51.6 Å². The molecule has 2 aromatic rings. The zero-order valence-corrected chi connectivity index (χ0v) is 14.2. The molecular formula is C17H18BrNO3. The first-order valence-corrected chi connectivity index (χ1v) is 7.72. The van der Waals surface area contributed by atoms with Crippen molar-refractivity contribution in [1.82, 2.24) is 4.90 Å². The van der Waals surface area contributed by atoms with Gasteiger partial charge in [0.2, 0.25) is 5.91 Å². The Hall–Kier alpha value is -2.01. The first kappa shape index (κ1) is 16.4. The molecule has 0 bridgehead atoms. The maximum Gasteiger partial charge on any atom is 0.246 e. The minimum atomic E-state index is -0.0964. The largest absolute Gasteiger partial charge is 0.491 e. The van der Waals surface area contributed by atoms with E-state index in [0.29, 0.717) is 23.6 Å². The molecule has 0 N–H and O–H groups in total. The smallest absolute Gasteiger partial charge is 0.246 e. The third-order valence-corrected chi connectivity index (χ3v) is 3.56. The van der Waals surface area contributed by atoms with Crippen molar-refractivity contribution in [3.8, 4) is 5.75 Å². The summed E-state index contributed by atoms with van der Waals surface area (Å²) in [6, 6.07) is 11.4. The molecule has 1 aromatic carbocycles. The van der Waals surface area contributed by atoms with E-state index in [0.717, 1.165) is 11.3 Å². The van der Waals surface area contributed by atoms with Gasteiger partial charge in [0.1, 0.15) is 18.1 Å². The van der Waals surface area contributed by atoms with Gasteiger partial charge in [-0.25, -0.2) is 0 Å². The second kappa shape index (κ2) is 7.84. The van der Waals surface area contributed by atoms with Crippen LogP contribution in [0.1, 0.15) is 11.3 Å². The Balaban J connectivity index is 1.79. The minimum absolute atomic E-state index is 0.0964.